The molecule has 0 aliphatic carbocycles. The second kappa shape index (κ2) is 3.98. The molecule has 84 valence electrons. The molecule has 0 unspecified atom stereocenters. The summed E-state index contributed by atoms with van der Waals surface area (Å²) in [5.41, 5.74) is -2.80. The molecule has 0 aliphatic rings. The molecule has 1 rings (SSSR count). The van der Waals surface area contributed by atoms with Crippen LogP contribution >= 0.6 is 11.6 Å². The van der Waals surface area contributed by atoms with E-state index in [0.29, 0.717) is 12.1 Å². The van der Waals surface area contributed by atoms with Gasteiger partial charge in [-0.1, -0.05) is 11.6 Å². The number of nitro benzene ring substituents is 1. The molecular weight excluding hydrogens is 249 g/mol. The van der Waals surface area contributed by atoms with Gasteiger partial charge in [-0.3, -0.25) is 10.1 Å². The van der Waals surface area contributed by atoms with Gasteiger partial charge in [-0.05, 0) is 6.07 Å². The molecule has 0 fully saturated rings. The molecule has 0 aliphatic heterocycles. The predicted octanol–water partition coefficient (Wildman–Crippen LogP) is 3.82. The molecule has 8 heteroatoms. The standard InChI is InChI=1S/C8H2ClF3N2O2/c1-13-7-5(9)2-4(8(10,11)12)3-6(7)14(15)16/h2-3H. The predicted molar refractivity (Wildman–Crippen MR) is 49.4 cm³/mol. The molecule has 0 spiro atoms. The summed E-state index contributed by atoms with van der Waals surface area (Å²) in [6.45, 7) is 6.60. The van der Waals surface area contributed by atoms with Gasteiger partial charge < -0.3 is 0 Å². The number of nitrogens with zero attached hydrogens (tertiary/aromatic N) is 2. The van der Waals surface area contributed by atoms with Crippen molar-refractivity contribution in [1.29, 1.82) is 0 Å². The highest BCUT2D eigenvalue weighted by atomic mass is 35.5. The van der Waals surface area contributed by atoms with Gasteiger partial charge in [0.1, 0.15) is 0 Å². The Morgan fingerprint density at radius 3 is 2.38 bits per heavy atom. The first-order valence-corrected chi connectivity index (χ1v) is 4.07. The second-order valence-corrected chi connectivity index (χ2v) is 3.10. The van der Waals surface area contributed by atoms with Crippen molar-refractivity contribution in [1.82, 2.24) is 0 Å². The Labute approximate surface area is 92.2 Å². The van der Waals surface area contributed by atoms with E-state index >= 15 is 0 Å². The van der Waals surface area contributed by atoms with Crippen molar-refractivity contribution in [2.24, 2.45) is 0 Å². The molecule has 0 heterocycles. The summed E-state index contributed by atoms with van der Waals surface area (Å²) in [5.74, 6) is 0. The van der Waals surface area contributed by atoms with Gasteiger partial charge in [-0.15, -0.1) is 0 Å². The minimum atomic E-state index is -4.74. The Bertz CT molecular complexity index is 493. The smallest absolute Gasteiger partial charge is 0.260 e. The lowest BCUT2D eigenvalue weighted by molar-refractivity contribution is -0.384. The van der Waals surface area contributed by atoms with Crippen LogP contribution in [-0.2, 0) is 6.18 Å². The van der Waals surface area contributed by atoms with E-state index in [-0.39, 0.29) is 0 Å². The fraction of sp³-hybridized carbons (Fsp3) is 0.125. The van der Waals surface area contributed by atoms with Crippen LogP contribution in [0.2, 0.25) is 5.02 Å². The first-order chi connectivity index (χ1) is 7.27. The molecular formula is C8H2ClF3N2O2. The highest BCUT2D eigenvalue weighted by Crippen LogP contribution is 2.41. The Hall–Kier alpha value is -1.81. The van der Waals surface area contributed by atoms with E-state index in [0.717, 1.165) is 0 Å². The summed E-state index contributed by atoms with van der Waals surface area (Å²) in [7, 11) is 0. The van der Waals surface area contributed by atoms with Crippen LogP contribution in [0.3, 0.4) is 0 Å². The summed E-state index contributed by atoms with van der Waals surface area (Å²) in [6.07, 6.45) is -4.74. The molecule has 1 aromatic rings. The van der Waals surface area contributed by atoms with Gasteiger partial charge in [0.05, 0.1) is 22.1 Å². The maximum Gasteiger partial charge on any atom is 0.416 e. The first-order valence-electron chi connectivity index (χ1n) is 3.70. The molecule has 4 nitrogen and oxygen atoms in total. The van der Waals surface area contributed by atoms with E-state index in [2.05, 4.69) is 4.85 Å². The summed E-state index contributed by atoms with van der Waals surface area (Å²) >= 11 is 5.37. The fourth-order valence-corrected chi connectivity index (χ4v) is 1.25. The Kier molecular flexibility index (Phi) is 3.05. The fourth-order valence-electron chi connectivity index (χ4n) is 0.998. The number of halogens is 4. The van der Waals surface area contributed by atoms with Crippen LogP contribution in [0.5, 0.6) is 0 Å². The third-order valence-electron chi connectivity index (χ3n) is 1.68. The third kappa shape index (κ3) is 2.23. The van der Waals surface area contributed by atoms with Crippen LogP contribution < -0.4 is 0 Å². The zero-order valence-electron chi connectivity index (χ0n) is 7.38. The molecule has 1 aromatic carbocycles. The van der Waals surface area contributed by atoms with Gasteiger partial charge in [0.2, 0.25) is 0 Å². The van der Waals surface area contributed by atoms with E-state index in [1.807, 2.05) is 0 Å². The number of hydrogen-bond donors (Lipinski definition) is 0. The first kappa shape index (κ1) is 12.3. The summed E-state index contributed by atoms with van der Waals surface area (Å²) < 4.78 is 36.9. The summed E-state index contributed by atoms with van der Waals surface area (Å²) in [6, 6.07) is 0.779. The average molecular weight is 251 g/mol. The molecule has 0 amide bonds. The second-order valence-electron chi connectivity index (χ2n) is 2.69. The quantitative estimate of drug-likeness (QED) is 0.432. The SMILES string of the molecule is [C-]#[N+]c1c(Cl)cc(C(F)(F)F)cc1[N+](=O)[O-]. The Morgan fingerprint density at radius 1 is 1.44 bits per heavy atom. The van der Waals surface area contributed by atoms with Crippen molar-refractivity contribution < 1.29 is 18.1 Å². The van der Waals surface area contributed by atoms with Crippen LogP contribution in [0.25, 0.3) is 4.85 Å². The summed E-state index contributed by atoms with van der Waals surface area (Å²) in [5, 5.41) is 9.86. The van der Waals surface area contributed by atoms with Crippen LogP contribution in [0.1, 0.15) is 5.56 Å². The molecule has 0 radical (unpaired) electrons. The molecule has 0 N–H and O–H groups in total. The molecule has 0 saturated carbocycles. The number of rotatable bonds is 1. The van der Waals surface area contributed by atoms with Gasteiger partial charge >= 0.3 is 6.18 Å². The topological polar surface area (TPSA) is 47.5 Å². The maximum atomic E-state index is 12.3. The van der Waals surface area contributed by atoms with Crippen molar-refractivity contribution in [3.63, 3.8) is 0 Å². The van der Waals surface area contributed by atoms with Gasteiger partial charge in [-0.25, -0.2) is 4.85 Å². The lowest BCUT2D eigenvalue weighted by Gasteiger charge is -2.07. The highest BCUT2D eigenvalue weighted by Gasteiger charge is 2.34. The third-order valence-corrected chi connectivity index (χ3v) is 1.97. The van der Waals surface area contributed by atoms with E-state index in [1.165, 1.54) is 0 Å². The number of benzene rings is 1. The van der Waals surface area contributed by atoms with Gasteiger partial charge in [0, 0.05) is 6.07 Å². The maximum absolute atomic E-state index is 12.3. The monoisotopic (exact) mass is 250 g/mol. The van der Waals surface area contributed by atoms with E-state index in [1.54, 1.807) is 0 Å². The number of hydrogen-bond acceptors (Lipinski definition) is 2. The van der Waals surface area contributed by atoms with Crippen molar-refractivity contribution >= 4 is 23.0 Å². The van der Waals surface area contributed by atoms with Gasteiger partial charge in [0.25, 0.3) is 11.4 Å². The minimum Gasteiger partial charge on any atom is -0.260 e. The zero-order valence-corrected chi connectivity index (χ0v) is 8.13. The van der Waals surface area contributed by atoms with Crippen molar-refractivity contribution in [3.05, 3.63) is 44.3 Å². The largest absolute Gasteiger partial charge is 0.416 e. The lowest BCUT2D eigenvalue weighted by atomic mass is 10.1. The highest BCUT2D eigenvalue weighted by molar-refractivity contribution is 6.34. The van der Waals surface area contributed by atoms with E-state index in [4.69, 9.17) is 18.2 Å². The van der Waals surface area contributed by atoms with E-state index < -0.39 is 33.1 Å². The Morgan fingerprint density at radius 2 is 2.00 bits per heavy atom. The van der Waals surface area contributed by atoms with Crippen LogP contribution in [0, 0.1) is 16.7 Å². The normalized spacial score (nSPS) is 10.9. The van der Waals surface area contributed by atoms with Crippen LogP contribution in [-0.4, -0.2) is 4.92 Å². The van der Waals surface area contributed by atoms with Crippen LogP contribution in [0.15, 0.2) is 12.1 Å². The Balaban J connectivity index is 3.54. The van der Waals surface area contributed by atoms with Crippen molar-refractivity contribution in [3.8, 4) is 0 Å². The minimum absolute atomic E-state index is 0.291. The molecule has 0 atom stereocenters. The van der Waals surface area contributed by atoms with Gasteiger partial charge in [-0.2, -0.15) is 13.2 Å². The molecule has 0 saturated heterocycles. The van der Waals surface area contributed by atoms with Crippen molar-refractivity contribution in [2.45, 2.75) is 6.18 Å². The molecule has 0 aromatic heterocycles. The number of alkyl halides is 3. The average Bonchev–Trinajstić information content (AvgIpc) is 2.14. The molecule has 16 heavy (non-hydrogen) atoms. The van der Waals surface area contributed by atoms with E-state index in [9.17, 15) is 23.3 Å². The lowest BCUT2D eigenvalue weighted by Crippen LogP contribution is -2.05. The molecule has 0 bridgehead atoms. The summed E-state index contributed by atoms with van der Waals surface area (Å²) in [4.78, 5) is 12.1. The van der Waals surface area contributed by atoms with Crippen molar-refractivity contribution in [2.75, 3.05) is 0 Å². The number of nitro groups is 1. The zero-order chi connectivity index (χ0) is 12.5. The van der Waals surface area contributed by atoms with Gasteiger partial charge in [0.15, 0.2) is 0 Å². The van der Waals surface area contributed by atoms with Crippen LogP contribution in [0.4, 0.5) is 24.5 Å².